The van der Waals surface area contributed by atoms with Crippen molar-refractivity contribution in [2.45, 2.75) is 71.1 Å². The Balaban J connectivity index is 0.000000867. The summed E-state index contributed by atoms with van der Waals surface area (Å²) in [7, 11) is 0. The van der Waals surface area contributed by atoms with Crippen LogP contribution in [-0.2, 0) is 4.79 Å². The third kappa shape index (κ3) is 21.8. The molecule has 0 fully saturated rings. The molecule has 4 nitrogen and oxygen atoms in total. The number of hydrogen-bond donors (Lipinski definition) is 1. The van der Waals surface area contributed by atoms with Crippen LogP contribution in [0.3, 0.4) is 0 Å². The molecule has 1 aromatic heterocycles. The number of hydrogen-bond acceptors (Lipinski definition) is 3. The van der Waals surface area contributed by atoms with Gasteiger partial charge in [0.2, 0.25) is 0 Å². The van der Waals surface area contributed by atoms with Crippen molar-refractivity contribution >= 4 is 5.97 Å². The highest BCUT2D eigenvalue weighted by Gasteiger charge is 1.95. The fourth-order valence-electron chi connectivity index (χ4n) is 2.15. The van der Waals surface area contributed by atoms with Crippen LogP contribution in [0.5, 0.6) is 0 Å². The van der Waals surface area contributed by atoms with Crippen LogP contribution in [-0.4, -0.2) is 21.0 Å². The molecule has 4 heteroatoms. The molecule has 0 amide bonds. The highest BCUT2D eigenvalue weighted by molar-refractivity contribution is 5.66. The van der Waals surface area contributed by atoms with E-state index in [0.717, 1.165) is 44.9 Å². The van der Waals surface area contributed by atoms with Gasteiger partial charge in [0.25, 0.3) is 0 Å². The van der Waals surface area contributed by atoms with Crippen LogP contribution >= 0.6 is 0 Å². The number of rotatable bonds is 13. The molecule has 1 rings (SSSR count). The first-order valence-corrected chi connectivity index (χ1v) is 9.64. The van der Waals surface area contributed by atoms with E-state index < -0.39 is 5.97 Å². The van der Waals surface area contributed by atoms with Crippen LogP contribution in [0.1, 0.15) is 71.1 Å². The van der Waals surface area contributed by atoms with Gasteiger partial charge in [-0.25, -0.2) is 9.97 Å². The molecule has 0 aliphatic carbocycles. The molecule has 1 heterocycles. The predicted molar refractivity (Wildman–Crippen MR) is 109 cm³/mol. The lowest BCUT2D eigenvalue weighted by atomic mass is 10.1. The zero-order chi connectivity index (χ0) is 19.1. The Morgan fingerprint density at radius 1 is 0.846 bits per heavy atom. The van der Waals surface area contributed by atoms with E-state index in [1.165, 1.54) is 19.2 Å². The maximum atomic E-state index is 10.3. The molecule has 0 atom stereocenters. The van der Waals surface area contributed by atoms with Crippen molar-refractivity contribution in [1.29, 1.82) is 0 Å². The summed E-state index contributed by atoms with van der Waals surface area (Å²) >= 11 is 0. The lowest BCUT2D eigenvalue weighted by Crippen LogP contribution is -1.93. The number of carbonyl (C=O) groups is 1. The van der Waals surface area contributed by atoms with Crippen LogP contribution in [0.2, 0.25) is 0 Å². The van der Waals surface area contributed by atoms with Gasteiger partial charge in [-0.2, -0.15) is 0 Å². The number of aliphatic carboxylic acids is 1. The normalized spacial score (nSPS) is 11.1. The van der Waals surface area contributed by atoms with Crippen LogP contribution in [0.25, 0.3) is 0 Å². The Morgan fingerprint density at radius 2 is 1.42 bits per heavy atom. The second-order valence-electron chi connectivity index (χ2n) is 5.90. The van der Waals surface area contributed by atoms with Crippen molar-refractivity contribution in [3.05, 3.63) is 61.2 Å². The van der Waals surface area contributed by atoms with Gasteiger partial charge in [0.15, 0.2) is 0 Å². The highest BCUT2D eigenvalue weighted by Crippen LogP contribution is 2.07. The van der Waals surface area contributed by atoms with Crippen molar-refractivity contribution in [2.75, 3.05) is 0 Å². The zero-order valence-electron chi connectivity index (χ0n) is 16.1. The molecule has 1 aromatic rings. The molecule has 144 valence electrons. The van der Waals surface area contributed by atoms with E-state index in [1.54, 1.807) is 18.5 Å². The standard InChI is InChI=1S/C18H30O2.C4H4N2/c1-2-3-4-5-6-7-8-9-10-11-12-13-14-15-16-17-18(19)20;1-2-5-4-6-3-1/h3-4,6-7,9-10H,2,5,8,11-17H2,1H3,(H,19,20);1-4H/b4-3-,7-6-,10-9-;. The third-order valence-corrected chi connectivity index (χ3v) is 3.52. The Hall–Kier alpha value is -2.23. The van der Waals surface area contributed by atoms with Gasteiger partial charge >= 0.3 is 5.97 Å². The molecule has 0 spiro atoms. The molecule has 0 bridgehead atoms. The quantitative estimate of drug-likeness (QED) is 0.340. The van der Waals surface area contributed by atoms with Gasteiger partial charge < -0.3 is 5.11 Å². The van der Waals surface area contributed by atoms with E-state index in [1.807, 2.05) is 0 Å². The first kappa shape index (κ1) is 23.8. The molecule has 0 aliphatic heterocycles. The summed E-state index contributed by atoms with van der Waals surface area (Å²) in [5.74, 6) is -0.675. The summed E-state index contributed by atoms with van der Waals surface area (Å²) < 4.78 is 0. The summed E-state index contributed by atoms with van der Waals surface area (Å²) in [6.45, 7) is 2.15. The topological polar surface area (TPSA) is 63.1 Å². The molecule has 0 radical (unpaired) electrons. The van der Waals surface area contributed by atoms with E-state index in [2.05, 4.69) is 53.3 Å². The van der Waals surface area contributed by atoms with E-state index in [0.29, 0.717) is 6.42 Å². The summed E-state index contributed by atoms with van der Waals surface area (Å²) in [6, 6.07) is 1.78. The molecule has 0 unspecified atom stereocenters. The number of carboxylic acid groups (broad SMARTS) is 1. The van der Waals surface area contributed by atoms with Crippen molar-refractivity contribution in [2.24, 2.45) is 0 Å². The highest BCUT2D eigenvalue weighted by atomic mass is 16.4. The maximum Gasteiger partial charge on any atom is 0.303 e. The monoisotopic (exact) mass is 358 g/mol. The summed E-state index contributed by atoms with van der Waals surface area (Å²) in [5.41, 5.74) is 0. The smallest absolute Gasteiger partial charge is 0.303 e. The van der Waals surface area contributed by atoms with Crippen LogP contribution in [0.15, 0.2) is 61.2 Å². The van der Waals surface area contributed by atoms with Crippen LogP contribution in [0, 0.1) is 0 Å². The Morgan fingerprint density at radius 3 is 1.96 bits per heavy atom. The minimum Gasteiger partial charge on any atom is -0.481 e. The average Bonchev–Trinajstić information content (AvgIpc) is 2.66. The van der Waals surface area contributed by atoms with Gasteiger partial charge in [0.05, 0.1) is 0 Å². The average molecular weight is 359 g/mol. The summed E-state index contributed by atoms with van der Waals surface area (Å²) in [6.07, 6.45) is 28.3. The molecular weight excluding hydrogens is 324 g/mol. The maximum absolute atomic E-state index is 10.3. The Kier molecular flexibility index (Phi) is 19.0. The van der Waals surface area contributed by atoms with Gasteiger partial charge in [0.1, 0.15) is 6.33 Å². The number of carboxylic acids is 1. The number of unbranched alkanes of at least 4 members (excludes halogenated alkanes) is 5. The zero-order valence-corrected chi connectivity index (χ0v) is 16.1. The largest absolute Gasteiger partial charge is 0.481 e. The summed E-state index contributed by atoms with van der Waals surface area (Å²) in [4.78, 5) is 17.7. The Bertz CT molecular complexity index is 469. The van der Waals surface area contributed by atoms with E-state index in [9.17, 15) is 4.79 Å². The first-order valence-electron chi connectivity index (χ1n) is 9.64. The second kappa shape index (κ2) is 20.8. The van der Waals surface area contributed by atoms with Gasteiger partial charge in [0, 0.05) is 18.8 Å². The SMILES string of the molecule is CC/C=C\C/C=C\C/C=C\CCCCCCCC(=O)O.c1cncnc1. The predicted octanol–water partition coefficient (Wildman–Crippen LogP) is 6.14. The van der Waals surface area contributed by atoms with Gasteiger partial charge in [-0.3, -0.25) is 4.79 Å². The van der Waals surface area contributed by atoms with E-state index >= 15 is 0 Å². The minimum atomic E-state index is -0.675. The Labute approximate surface area is 158 Å². The minimum absolute atomic E-state index is 0.319. The number of nitrogens with zero attached hydrogens (tertiary/aromatic N) is 2. The second-order valence-corrected chi connectivity index (χ2v) is 5.90. The number of aromatic nitrogens is 2. The molecular formula is C22H34N2O2. The van der Waals surface area contributed by atoms with Crippen molar-refractivity contribution < 1.29 is 9.90 Å². The number of allylic oxidation sites excluding steroid dienone is 6. The van der Waals surface area contributed by atoms with Crippen LogP contribution in [0.4, 0.5) is 0 Å². The van der Waals surface area contributed by atoms with Crippen molar-refractivity contribution in [1.82, 2.24) is 9.97 Å². The molecule has 26 heavy (non-hydrogen) atoms. The van der Waals surface area contributed by atoms with Crippen molar-refractivity contribution in [3.8, 4) is 0 Å². The fourth-order valence-corrected chi connectivity index (χ4v) is 2.15. The third-order valence-electron chi connectivity index (χ3n) is 3.52. The van der Waals surface area contributed by atoms with Crippen LogP contribution < -0.4 is 0 Å². The molecule has 0 saturated carbocycles. The summed E-state index contributed by atoms with van der Waals surface area (Å²) in [5, 5.41) is 8.50. The van der Waals surface area contributed by atoms with Gasteiger partial charge in [-0.15, -0.1) is 0 Å². The fraction of sp³-hybridized carbons (Fsp3) is 0.500. The molecule has 0 aromatic carbocycles. The van der Waals surface area contributed by atoms with Gasteiger partial charge in [-0.1, -0.05) is 62.6 Å². The molecule has 1 N–H and O–H groups in total. The first-order chi connectivity index (χ1) is 12.8. The lowest BCUT2D eigenvalue weighted by molar-refractivity contribution is -0.137. The lowest BCUT2D eigenvalue weighted by Gasteiger charge is -1.98. The molecule has 0 aliphatic rings. The van der Waals surface area contributed by atoms with E-state index in [4.69, 9.17) is 5.11 Å². The molecule has 0 saturated heterocycles. The van der Waals surface area contributed by atoms with E-state index in [-0.39, 0.29) is 0 Å². The van der Waals surface area contributed by atoms with Crippen molar-refractivity contribution in [3.63, 3.8) is 0 Å². The van der Waals surface area contributed by atoms with Gasteiger partial charge in [-0.05, 0) is 44.6 Å².